The summed E-state index contributed by atoms with van der Waals surface area (Å²) in [6.07, 6.45) is 8.68. The zero-order chi connectivity index (χ0) is 29.6. The quantitative estimate of drug-likeness (QED) is 0.303. The van der Waals surface area contributed by atoms with E-state index in [9.17, 15) is 9.59 Å². The third kappa shape index (κ3) is 3.84. The summed E-state index contributed by atoms with van der Waals surface area (Å²) < 4.78 is 0. The van der Waals surface area contributed by atoms with Gasteiger partial charge in [-0.25, -0.2) is 0 Å². The minimum atomic E-state index is -0.214. The molecule has 0 fully saturated rings. The van der Waals surface area contributed by atoms with Crippen LogP contribution in [0.2, 0.25) is 0 Å². The van der Waals surface area contributed by atoms with E-state index in [4.69, 9.17) is 0 Å². The second-order valence-electron chi connectivity index (χ2n) is 13.8. The second kappa shape index (κ2) is 9.23. The molecule has 0 radical (unpaired) electrons. The van der Waals surface area contributed by atoms with Gasteiger partial charge in [0.2, 0.25) is 0 Å². The number of carbonyl (C=O) groups excluding carboxylic acids is 2. The van der Waals surface area contributed by atoms with Gasteiger partial charge in [0.1, 0.15) is 0 Å². The summed E-state index contributed by atoms with van der Waals surface area (Å²) >= 11 is 0. The number of fused-ring (bicyclic) bond motifs is 5. The Morgan fingerprint density at radius 3 is 1.95 bits per heavy atom. The lowest BCUT2D eigenvalue weighted by Crippen LogP contribution is -2.29. The average molecular weight is 551 g/mol. The summed E-state index contributed by atoms with van der Waals surface area (Å²) in [7, 11) is 0. The molecule has 3 aromatic rings. The molecule has 7 rings (SSSR count). The Labute approximate surface area is 249 Å². The predicted octanol–water partition coefficient (Wildman–Crippen LogP) is 9.32. The molecule has 3 aromatic carbocycles. The molecule has 0 aliphatic heterocycles. The Kier molecular flexibility index (Phi) is 5.90. The van der Waals surface area contributed by atoms with E-state index in [1.165, 1.54) is 33.4 Å². The molecule has 0 saturated heterocycles. The average Bonchev–Trinajstić information content (AvgIpc) is 3.36. The molecule has 0 aromatic heterocycles. The van der Waals surface area contributed by atoms with Crippen molar-refractivity contribution in [1.29, 1.82) is 0 Å². The molecule has 0 saturated carbocycles. The van der Waals surface area contributed by atoms with Gasteiger partial charge in [-0.2, -0.15) is 0 Å². The van der Waals surface area contributed by atoms with Crippen LogP contribution >= 0.6 is 0 Å². The topological polar surface area (TPSA) is 34.1 Å². The highest BCUT2D eigenvalue weighted by Gasteiger charge is 2.54. The van der Waals surface area contributed by atoms with Crippen molar-refractivity contribution in [2.24, 2.45) is 17.3 Å². The maximum atomic E-state index is 13.5. The first kappa shape index (κ1) is 26.8. The normalized spacial score (nSPS) is 22.8. The number of Topliss-reactive ketones (excluding diaryl/α,β-unsaturated/α-hetero) is 1. The number of carbonyl (C=O) groups is 2. The number of hydrogen-bond donors (Lipinski definition) is 0. The van der Waals surface area contributed by atoms with Crippen LogP contribution in [0.5, 0.6) is 0 Å². The van der Waals surface area contributed by atoms with Gasteiger partial charge in [-0.15, -0.1) is 0 Å². The summed E-state index contributed by atoms with van der Waals surface area (Å²) in [6, 6.07) is 22.1. The van der Waals surface area contributed by atoms with E-state index in [0.29, 0.717) is 5.92 Å². The number of rotatable bonds is 4. The number of hydrogen-bond acceptors (Lipinski definition) is 2. The molecule has 0 N–H and O–H groups in total. The Balaban J connectivity index is 1.25. The van der Waals surface area contributed by atoms with Crippen LogP contribution in [-0.2, 0) is 5.41 Å². The van der Waals surface area contributed by atoms with Crippen LogP contribution in [0.4, 0.5) is 0 Å². The third-order valence-electron chi connectivity index (χ3n) is 10.4. The Bertz CT molecular complexity index is 1800. The van der Waals surface area contributed by atoms with Gasteiger partial charge in [0.25, 0.3) is 0 Å². The molecular weight excluding hydrogens is 512 g/mol. The first-order valence-electron chi connectivity index (χ1n) is 15.2. The van der Waals surface area contributed by atoms with Crippen LogP contribution in [0.3, 0.4) is 0 Å². The second-order valence-corrected chi connectivity index (χ2v) is 13.8. The summed E-state index contributed by atoms with van der Waals surface area (Å²) in [4.78, 5) is 27.0. The lowest BCUT2D eigenvalue weighted by Gasteiger charge is -2.37. The maximum Gasteiger partial charge on any atom is 0.193 e. The summed E-state index contributed by atoms with van der Waals surface area (Å²) in [5, 5.41) is 0. The number of allylic oxidation sites excluding steroid dienone is 8. The van der Waals surface area contributed by atoms with Crippen molar-refractivity contribution in [1.82, 2.24) is 0 Å². The van der Waals surface area contributed by atoms with Crippen molar-refractivity contribution in [3.8, 4) is 0 Å². The summed E-state index contributed by atoms with van der Waals surface area (Å²) in [6.45, 7) is 13.5. The molecule has 2 nitrogen and oxygen atoms in total. The van der Waals surface area contributed by atoms with Gasteiger partial charge in [0.05, 0.1) is 0 Å². The van der Waals surface area contributed by atoms with Crippen LogP contribution in [-0.4, -0.2) is 11.6 Å². The molecule has 210 valence electrons. The number of ketones is 2. The Morgan fingerprint density at radius 2 is 1.31 bits per heavy atom. The van der Waals surface area contributed by atoms with Crippen molar-refractivity contribution in [3.05, 3.63) is 146 Å². The standard InChI is InChI=1S/C40H38O2/c1-23-7-11-25(12-8-23)37(41)27-15-17-29-31-19-20-32-30-18-16-28(38(42)26-13-9-24(2)10-14-26)22-34(30)40(5,6)36(32)35(31)39(3,4)33(29)21-27/h7-18,21-22,29,33H,19-20H2,1-6H3. The molecule has 0 spiro atoms. The fourth-order valence-electron chi connectivity index (χ4n) is 8.18. The minimum absolute atomic E-state index is 0.0756. The van der Waals surface area contributed by atoms with Crippen LogP contribution < -0.4 is 0 Å². The van der Waals surface area contributed by atoms with Crippen molar-refractivity contribution >= 4 is 17.1 Å². The molecule has 42 heavy (non-hydrogen) atoms. The van der Waals surface area contributed by atoms with Gasteiger partial charge in [0, 0.05) is 33.6 Å². The maximum absolute atomic E-state index is 13.5. The monoisotopic (exact) mass is 550 g/mol. The van der Waals surface area contributed by atoms with Gasteiger partial charge < -0.3 is 0 Å². The molecule has 0 bridgehead atoms. The van der Waals surface area contributed by atoms with Gasteiger partial charge in [-0.05, 0) is 71.9 Å². The van der Waals surface area contributed by atoms with Gasteiger partial charge >= 0.3 is 0 Å². The van der Waals surface area contributed by atoms with E-state index < -0.39 is 0 Å². The molecular formula is C40H38O2. The molecule has 0 heterocycles. The zero-order valence-corrected chi connectivity index (χ0v) is 25.5. The summed E-state index contributed by atoms with van der Waals surface area (Å²) in [5.41, 5.74) is 13.5. The molecule has 2 heteroatoms. The highest BCUT2D eigenvalue weighted by molar-refractivity contribution is 6.11. The molecule has 4 aliphatic carbocycles. The van der Waals surface area contributed by atoms with Crippen LogP contribution in [0.25, 0.3) is 5.57 Å². The molecule has 0 amide bonds. The smallest absolute Gasteiger partial charge is 0.193 e. The van der Waals surface area contributed by atoms with E-state index in [0.717, 1.165) is 46.2 Å². The summed E-state index contributed by atoms with van der Waals surface area (Å²) in [5.74, 6) is 0.732. The SMILES string of the molecule is Cc1ccc(C(=O)C2=CC3C(C=C2)C2=C(C4=C(CC2)c2ccc(C(=O)c5ccc(C)cc5)cc2C4(C)C)C3(C)C)cc1. The van der Waals surface area contributed by atoms with E-state index in [1.54, 1.807) is 0 Å². The van der Waals surface area contributed by atoms with Crippen molar-refractivity contribution in [2.45, 2.75) is 59.8 Å². The largest absolute Gasteiger partial charge is 0.289 e. The minimum Gasteiger partial charge on any atom is -0.289 e. The van der Waals surface area contributed by atoms with Crippen molar-refractivity contribution in [3.63, 3.8) is 0 Å². The predicted molar refractivity (Wildman–Crippen MR) is 171 cm³/mol. The van der Waals surface area contributed by atoms with Gasteiger partial charge in [-0.1, -0.05) is 123 Å². The fraction of sp³-hybridized carbons (Fsp3) is 0.300. The van der Waals surface area contributed by atoms with Crippen molar-refractivity contribution in [2.75, 3.05) is 0 Å². The highest BCUT2D eigenvalue weighted by atomic mass is 16.1. The highest BCUT2D eigenvalue weighted by Crippen LogP contribution is 2.65. The van der Waals surface area contributed by atoms with Crippen molar-refractivity contribution < 1.29 is 9.59 Å². The van der Waals surface area contributed by atoms with Gasteiger partial charge in [0.15, 0.2) is 11.6 Å². The molecule has 4 aliphatic rings. The van der Waals surface area contributed by atoms with Crippen LogP contribution in [0, 0.1) is 31.1 Å². The Hall–Kier alpha value is -4.04. The first-order valence-corrected chi connectivity index (χ1v) is 15.2. The Morgan fingerprint density at radius 1 is 0.714 bits per heavy atom. The fourth-order valence-corrected chi connectivity index (χ4v) is 8.18. The molecule has 2 atom stereocenters. The van der Waals surface area contributed by atoms with E-state index in [2.05, 4.69) is 58.1 Å². The van der Waals surface area contributed by atoms with E-state index in [1.807, 2.05) is 68.4 Å². The zero-order valence-electron chi connectivity index (χ0n) is 25.5. The number of aryl methyl sites for hydroxylation is 2. The van der Waals surface area contributed by atoms with E-state index in [-0.39, 0.29) is 28.3 Å². The molecule has 2 unspecified atom stereocenters. The number of benzene rings is 3. The lowest BCUT2D eigenvalue weighted by atomic mass is 9.66. The first-order chi connectivity index (χ1) is 20.0. The lowest BCUT2D eigenvalue weighted by molar-refractivity contribution is 0.102. The van der Waals surface area contributed by atoms with Crippen LogP contribution in [0.1, 0.15) is 89.1 Å². The van der Waals surface area contributed by atoms with Crippen LogP contribution in [0.15, 0.2) is 107 Å². The van der Waals surface area contributed by atoms with Gasteiger partial charge in [-0.3, -0.25) is 9.59 Å². The van der Waals surface area contributed by atoms with E-state index >= 15 is 0 Å². The third-order valence-corrected chi connectivity index (χ3v) is 10.4.